The van der Waals surface area contributed by atoms with Crippen LogP contribution in [0.15, 0.2) is 65.6 Å². The number of hydrogen-bond acceptors (Lipinski definition) is 4. The van der Waals surface area contributed by atoms with E-state index in [1.54, 1.807) is 0 Å². The summed E-state index contributed by atoms with van der Waals surface area (Å²) in [6.45, 7) is 4.59. The second kappa shape index (κ2) is 8.40. The third-order valence-corrected chi connectivity index (χ3v) is 6.57. The van der Waals surface area contributed by atoms with Gasteiger partial charge in [0.15, 0.2) is 0 Å². The van der Waals surface area contributed by atoms with Crippen molar-refractivity contribution >= 4 is 0 Å². The molecule has 2 aliphatic rings. The summed E-state index contributed by atoms with van der Waals surface area (Å²) in [7, 11) is 4.03. The van der Waals surface area contributed by atoms with E-state index in [9.17, 15) is 4.79 Å². The molecular formula is C26H30N4O. The second-order valence-corrected chi connectivity index (χ2v) is 9.34. The average Bonchev–Trinajstić information content (AvgIpc) is 2.77. The van der Waals surface area contributed by atoms with Crippen LogP contribution in [-0.2, 0) is 19.6 Å². The molecule has 0 unspecified atom stereocenters. The topological polar surface area (TPSA) is 41.4 Å². The molecule has 0 aliphatic carbocycles. The summed E-state index contributed by atoms with van der Waals surface area (Å²) in [5.74, 6) is 0.993. The number of benzene rings is 1. The molecule has 1 saturated heterocycles. The zero-order valence-electron chi connectivity index (χ0n) is 18.4. The van der Waals surface area contributed by atoms with Gasteiger partial charge in [-0.25, -0.2) is 0 Å². The SMILES string of the molecule is CN(C)Cc1ccc2n(c1=O)C[C@H]1C[C@@H]2CN(Cc2ccc(-c3ccccn3)cc2)C1. The Morgan fingerprint density at radius 2 is 1.84 bits per heavy atom. The lowest BCUT2D eigenvalue weighted by molar-refractivity contribution is 0.114. The van der Waals surface area contributed by atoms with Crippen molar-refractivity contribution in [1.29, 1.82) is 0 Å². The Bertz CT molecular complexity index is 1100. The van der Waals surface area contributed by atoms with Gasteiger partial charge in [0.1, 0.15) is 0 Å². The molecule has 5 nitrogen and oxygen atoms in total. The van der Waals surface area contributed by atoms with Crippen LogP contribution in [0.4, 0.5) is 0 Å². The van der Waals surface area contributed by atoms with E-state index in [1.165, 1.54) is 17.7 Å². The first-order valence-electron chi connectivity index (χ1n) is 11.2. The maximum Gasteiger partial charge on any atom is 0.255 e. The standard InChI is InChI=1S/C26H30N4O/c1-28(2)17-22-10-11-25-23-13-20(16-30(25)26(22)31)15-29(18-23)14-19-6-8-21(9-7-19)24-5-3-4-12-27-24/h3-12,20,23H,13-18H2,1-2H3/t20-,23+/m0/s1. The lowest BCUT2D eigenvalue weighted by Gasteiger charge is -2.43. The molecule has 0 spiro atoms. The minimum atomic E-state index is 0.208. The molecule has 2 aliphatic heterocycles. The van der Waals surface area contributed by atoms with Gasteiger partial charge in [-0.2, -0.15) is 0 Å². The molecule has 0 saturated carbocycles. The predicted octanol–water partition coefficient (Wildman–Crippen LogP) is 3.59. The molecule has 2 bridgehead atoms. The Morgan fingerprint density at radius 3 is 2.58 bits per heavy atom. The highest BCUT2D eigenvalue weighted by atomic mass is 16.1. The Morgan fingerprint density at radius 1 is 1.00 bits per heavy atom. The summed E-state index contributed by atoms with van der Waals surface area (Å²) in [6.07, 6.45) is 3.03. The fourth-order valence-corrected chi connectivity index (χ4v) is 5.25. The van der Waals surface area contributed by atoms with Gasteiger partial charge in [-0.1, -0.05) is 36.4 Å². The second-order valence-electron chi connectivity index (χ2n) is 9.34. The van der Waals surface area contributed by atoms with E-state index in [0.29, 0.717) is 18.4 Å². The molecule has 160 valence electrons. The molecule has 0 amide bonds. The molecule has 1 aromatic carbocycles. The molecule has 2 aromatic heterocycles. The van der Waals surface area contributed by atoms with E-state index in [1.807, 2.05) is 44.6 Å². The van der Waals surface area contributed by atoms with Crippen LogP contribution in [0, 0.1) is 5.92 Å². The van der Waals surface area contributed by atoms with Crippen LogP contribution in [0.2, 0.25) is 0 Å². The third-order valence-electron chi connectivity index (χ3n) is 6.57. The van der Waals surface area contributed by atoms with E-state index in [0.717, 1.165) is 43.0 Å². The van der Waals surface area contributed by atoms with Crippen molar-refractivity contribution < 1.29 is 0 Å². The highest BCUT2D eigenvalue weighted by Gasteiger charge is 2.34. The van der Waals surface area contributed by atoms with Gasteiger partial charge in [0.05, 0.1) is 5.69 Å². The molecule has 0 radical (unpaired) electrons. The molecule has 5 rings (SSSR count). The first-order valence-corrected chi connectivity index (χ1v) is 11.2. The largest absolute Gasteiger partial charge is 0.312 e. The van der Waals surface area contributed by atoms with Crippen LogP contribution in [0.1, 0.15) is 29.2 Å². The Kier molecular flexibility index (Phi) is 5.47. The Hall–Kier alpha value is -2.76. The maximum absolute atomic E-state index is 13.0. The van der Waals surface area contributed by atoms with E-state index in [-0.39, 0.29) is 5.56 Å². The number of aromatic nitrogens is 2. The average molecular weight is 415 g/mol. The lowest BCUT2D eigenvalue weighted by atomic mass is 9.82. The zero-order valence-corrected chi connectivity index (χ0v) is 18.4. The number of rotatable bonds is 5. The summed E-state index contributed by atoms with van der Waals surface area (Å²) < 4.78 is 2.07. The third kappa shape index (κ3) is 4.21. The first kappa shape index (κ1) is 20.2. The highest BCUT2D eigenvalue weighted by Crippen LogP contribution is 2.35. The first-order chi connectivity index (χ1) is 15.1. The molecule has 2 atom stereocenters. The van der Waals surface area contributed by atoms with Gasteiger partial charge in [-0.3, -0.25) is 14.7 Å². The fourth-order valence-electron chi connectivity index (χ4n) is 5.25. The predicted molar refractivity (Wildman–Crippen MR) is 124 cm³/mol. The van der Waals surface area contributed by atoms with Crippen LogP contribution in [0.25, 0.3) is 11.3 Å². The number of hydrogen-bond donors (Lipinski definition) is 0. The van der Waals surface area contributed by atoms with E-state index < -0.39 is 0 Å². The molecular weight excluding hydrogens is 384 g/mol. The summed E-state index contributed by atoms with van der Waals surface area (Å²) >= 11 is 0. The highest BCUT2D eigenvalue weighted by molar-refractivity contribution is 5.58. The summed E-state index contributed by atoms with van der Waals surface area (Å²) in [4.78, 5) is 22.1. The minimum Gasteiger partial charge on any atom is -0.312 e. The number of fused-ring (bicyclic) bond motifs is 4. The van der Waals surface area contributed by atoms with E-state index in [2.05, 4.69) is 49.7 Å². The van der Waals surface area contributed by atoms with Gasteiger partial charge in [0, 0.05) is 61.7 Å². The van der Waals surface area contributed by atoms with Crippen molar-refractivity contribution in [3.8, 4) is 11.3 Å². The lowest BCUT2D eigenvalue weighted by Crippen LogP contribution is -2.47. The van der Waals surface area contributed by atoms with Crippen molar-refractivity contribution in [2.24, 2.45) is 5.92 Å². The number of nitrogens with zero attached hydrogens (tertiary/aromatic N) is 4. The van der Waals surface area contributed by atoms with Crippen molar-refractivity contribution in [1.82, 2.24) is 19.4 Å². The maximum atomic E-state index is 13.0. The molecule has 5 heteroatoms. The summed E-state index contributed by atoms with van der Waals surface area (Å²) in [5.41, 5.74) is 5.83. The van der Waals surface area contributed by atoms with Crippen LogP contribution in [0.5, 0.6) is 0 Å². The van der Waals surface area contributed by atoms with E-state index in [4.69, 9.17) is 0 Å². The summed E-state index contributed by atoms with van der Waals surface area (Å²) in [6, 6.07) is 19.0. The van der Waals surface area contributed by atoms with Gasteiger partial charge >= 0.3 is 0 Å². The van der Waals surface area contributed by atoms with Gasteiger partial charge in [0.2, 0.25) is 0 Å². The van der Waals surface area contributed by atoms with Crippen molar-refractivity contribution in [2.45, 2.75) is 32.0 Å². The number of pyridine rings is 2. The van der Waals surface area contributed by atoms with Crippen LogP contribution >= 0.6 is 0 Å². The normalized spacial score (nSPS) is 20.6. The van der Waals surface area contributed by atoms with Crippen LogP contribution in [0.3, 0.4) is 0 Å². The monoisotopic (exact) mass is 414 g/mol. The molecule has 3 aromatic rings. The van der Waals surface area contributed by atoms with Gasteiger partial charge in [-0.05, 0) is 50.2 Å². The zero-order chi connectivity index (χ0) is 21.4. The molecule has 0 N–H and O–H groups in total. The fraction of sp³-hybridized carbons (Fsp3) is 0.385. The summed E-state index contributed by atoms with van der Waals surface area (Å²) in [5, 5.41) is 0. The van der Waals surface area contributed by atoms with Gasteiger partial charge in [0.25, 0.3) is 5.56 Å². The minimum absolute atomic E-state index is 0.208. The smallest absolute Gasteiger partial charge is 0.255 e. The number of likely N-dealkylation sites (tertiary alicyclic amines) is 1. The van der Waals surface area contributed by atoms with Crippen LogP contribution in [-0.4, -0.2) is 46.5 Å². The quantitative estimate of drug-likeness (QED) is 0.640. The van der Waals surface area contributed by atoms with Gasteiger partial charge in [-0.15, -0.1) is 0 Å². The Labute approximate surface area is 184 Å². The van der Waals surface area contributed by atoms with Crippen LogP contribution < -0.4 is 5.56 Å². The Balaban J connectivity index is 1.31. The van der Waals surface area contributed by atoms with Crippen molar-refractivity contribution in [3.63, 3.8) is 0 Å². The van der Waals surface area contributed by atoms with Crippen molar-refractivity contribution in [3.05, 3.63) is 88.0 Å². The van der Waals surface area contributed by atoms with Gasteiger partial charge < -0.3 is 9.47 Å². The molecule has 4 heterocycles. The van der Waals surface area contributed by atoms with E-state index >= 15 is 0 Å². The van der Waals surface area contributed by atoms with Crippen molar-refractivity contribution in [2.75, 3.05) is 27.2 Å². The number of piperidine rings is 1. The molecule has 1 fully saturated rings. The molecule has 31 heavy (non-hydrogen) atoms.